The SMILES string of the molecule is Cc1cc(NC(=O)c2ncccc2Br)ccc1S(=O)(=O)Cl. The zero-order valence-electron chi connectivity index (χ0n) is 10.8. The Morgan fingerprint density at radius 2 is 2.05 bits per heavy atom. The third-order valence-corrected chi connectivity index (χ3v) is 4.79. The lowest BCUT2D eigenvalue weighted by Crippen LogP contribution is -2.14. The highest BCUT2D eigenvalue weighted by Crippen LogP contribution is 2.23. The number of benzene rings is 1. The van der Waals surface area contributed by atoms with Crippen LogP contribution in [0.3, 0.4) is 0 Å². The minimum atomic E-state index is -3.80. The molecule has 1 amide bonds. The van der Waals surface area contributed by atoms with Crippen molar-refractivity contribution in [3.8, 4) is 0 Å². The van der Waals surface area contributed by atoms with Gasteiger partial charge in [-0.2, -0.15) is 0 Å². The molecule has 0 radical (unpaired) electrons. The van der Waals surface area contributed by atoms with Gasteiger partial charge in [-0.1, -0.05) is 0 Å². The van der Waals surface area contributed by atoms with Crippen molar-refractivity contribution in [3.63, 3.8) is 0 Å². The normalized spacial score (nSPS) is 11.2. The number of amides is 1. The monoisotopic (exact) mass is 388 g/mol. The van der Waals surface area contributed by atoms with Gasteiger partial charge in [0.25, 0.3) is 15.0 Å². The zero-order chi connectivity index (χ0) is 15.6. The summed E-state index contributed by atoms with van der Waals surface area (Å²) < 4.78 is 23.2. The van der Waals surface area contributed by atoms with Gasteiger partial charge < -0.3 is 5.32 Å². The van der Waals surface area contributed by atoms with E-state index in [0.717, 1.165) is 0 Å². The van der Waals surface area contributed by atoms with Gasteiger partial charge in [-0.05, 0) is 58.7 Å². The number of aryl methyl sites for hydroxylation is 1. The van der Waals surface area contributed by atoms with E-state index in [1.807, 2.05) is 0 Å². The van der Waals surface area contributed by atoms with Crippen LogP contribution in [-0.4, -0.2) is 19.3 Å². The summed E-state index contributed by atoms with van der Waals surface area (Å²) in [5, 5.41) is 2.65. The van der Waals surface area contributed by atoms with Crippen molar-refractivity contribution in [3.05, 3.63) is 52.3 Å². The maximum absolute atomic E-state index is 12.1. The molecule has 0 saturated carbocycles. The standard InChI is InChI=1S/C13H10BrClN2O3S/c1-8-7-9(4-5-11(8)21(15,19)20)17-13(18)12-10(14)3-2-6-16-12/h2-7H,1H3,(H,17,18). The number of rotatable bonds is 3. The van der Waals surface area contributed by atoms with Crippen molar-refractivity contribution in [2.75, 3.05) is 5.32 Å². The van der Waals surface area contributed by atoms with Crippen molar-refractivity contribution in [2.45, 2.75) is 11.8 Å². The van der Waals surface area contributed by atoms with Crippen LogP contribution >= 0.6 is 26.6 Å². The lowest BCUT2D eigenvalue weighted by molar-refractivity contribution is 0.102. The number of halogens is 2. The first-order chi connectivity index (χ1) is 9.79. The third-order valence-electron chi connectivity index (χ3n) is 2.67. The Morgan fingerprint density at radius 1 is 1.33 bits per heavy atom. The van der Waals surface area contributed by atoms with Crippen molar-refractivity contribution in [1.82, 2.24) is 4.98 Å². The highest BCUT2D eigenvalue weighted by molar-refractivity contribution is 9.10. The molecule has 0 bridgehead atoms. The molecule has 5 nitrogen and oxygen atoms in total. The molecular weight excluding hydrogens is 380 g/mol. The van der Waals surface area contributed by atoms with Crippen LogP contribution in [0.2, 0.25) is 0 Å². The maximum Gasteiger partial charge on any atom is 0.275 e. The summed E-state index contributed by atoms with van der Waals surface area (Å²) >= 11 is 3.24. The Labute approximate surface area is 134 Å². The predicted octanol–water partition coefficient (Wildman–Crippen LogP) is 3.33. The first-order valence-corrected chi connectivity index (χ1v) is 8.86. The van der Waals surface area contributed by atoms with Gasteiger partial charge in [-0.3, -0.25) is 4.79 Å². The fourth-order valence-corrected chi connectivity index (χ4v) is 3.37. The summed E-state index contributed by atoms with van der Waals surface area (Å²) in [6.45, 7) is 1.60. The van der Waals surface area contributed by atoms with E-state index >= 15 is 0 Å². The summed E-state index contributed by atoms with van der Waals surface area (Å²) in [6, 6.07) is 7.75. The number of anilines is 1. The molecule has 2 aromatic rings. The molecule has 1 aromatic carbocycles. The second-order valence-corrected chi connectivity index (χ2v) is 7.59. The molecule has 0 aliphatic carbocycles. The molecule has 0 unspecified atom stereocenters. The van der Waals surface area contributed by atoms with Crippen LogP contribution in [0, 0.1) is 6.92 Å². The number of carbonyl (C=O) groups is 1. The van der Waals surface area contributed by atoms with Gasteiger partial charge >= 0.3 is 0 Å². The van der Waals surface area contributed by atoms with E-state index in [2.05, 4.69) is 26.2 Å². The highest BCUT2D eigenvalue weighted by Gasteiger charge is 2.15. The topological polar surface area (TPSA) is 76.1 Å². The zero-order valence-corrected chi connectivity index (χ0v) is 14.0. The van der Waals surface area contributed by atoms with E-state index < -0.39 is 15.0 Å². The molecule has 0 saturated heterocycles. The van der Waals surface area contributed by atoms with Crippen LogP contribution in [0.5, 0.6) is 0 Å². The largest absolute Gasteiger partial charge is 0.321 e. The van der Waals surface area contributed by atoms with Crippen LogP contribution < -0.4 is 5.32 Å². The first kappa shape index (κ1) is 15.9. The highest BCUT2D eigenvalue weighted by atomic mass is 79.9. The summed E-state index contributed by atoms with van der Waals surface area (Å²) in [6.07, 6.45) is 1.51. The minimum Gasteiger partial charge on any atom is -0.321 e. The minimum absolute atomic E-state index is 0.0150. The van der Waals surface area contributed by atoms with Gasteiger partial charge in [-0.15, -0.1) is 0 Å². The number of hydrogen-bond donors (Lipinski definition) is 1. The Bertz CT molecular complexity index is 809. The van der Waals surface area contributed by atoms with Crippen molar-refractivity contribution >= 4 is 47.3 Å². The van der Waals surface area contributed by atoms with Gasteiger partial charge in [0.15, 0.2) is 0 Å². The van der Waals surface area contributed by atoms with E-state index in [0.29, 0.717) is 15.7 Å². The molecule has 0 fully saturated rings. The van der Waals surface area contributed by atoms with Crippen LogP contribution in [0.25, 0.3) is 0 Å². The van der Waals surface area contributed by atoms with Gasteiger partial charge in [0.1, 0.15) is 5.69 Å². The van der Waals surface area contributed by atoms with E-state index in [9.17, 15) is 13.2 Å². The number of aromatic nitrogens is 1. The summed E-state index contributed by atoms with van der Waals surface area (Å²) in [7, 11) is 1.51. The molecule has 0 spiro atoms. The number of nitrogens with zero attached hydrogens (tertiary/aromatic N) is 1. The van der Waals surface area contributed by atoms with Crippen molar-refractivity contribution in [2.24, 2.45) is 0 Å². The summed E-state index contributed by atoms with van der Waals surface area (Å²) in [5.41, 5.74) is 1.14. The Morgan fingerprint density at radius 3 is 2.62 bits per heavy atom. The molecule has 0 aliphatic rings. The Hall–Kier alpha value is -1.44. The van der Waals surface area contributed by atoms with E-state index in [1.54, 1.807) is 19.1 Å². The molecule has 0 aliphatic heterocycles. The Kier molecular flexibility index (Phi) is 4.65. The number of hydrogen-bond acceptors (Lipinski definition) is 4. The molecule has 1 heterocycles. The van der Waals surface area contributed by atoms with E-state index in [1.165, 1.54) is 24.4 Å². The maximum atomic E-state index is 12.1. The first-order valence-electron chi connectivity index (χ1n) is 5.76. The average molecular weight is 390 g/mol. The van der Waals surface area contributed by atoms with Crippen molar-refractivity contribution < 1.29 is 13.2 Å². The molecular formula is C13H10BrClN2O3S. The number of pyridine rings is 1. The quantitative estimate of drug-likeness (QED) is 0.817. The predicted molar refractivity (Wildman–Crippen MR) is 84.1 cm³/mol. The summed E-state index contributed by atoms with van der Waals surface area (Å²) in [5.74, 6) is -0.400. The second kappa shape index (κ2) is 6.13. The van der Waals surface area contributed by atoms with Gasteiger partial charge in [0.05, 0.1) is 4.90 Å². The van der Waals surface area contributed by atoms with Crippen LogP contribution in [0.4, 0.5) is 5.69 Å². The molecule has 110 valence electrons. The smallest absolute Gasteiger partial charge is 0.275 e. The van der Waals surface area contributed by atoms with Gasteiger partial charge in [0, 0.05) is 27.0 Å². The van der Waals surface area contributed by atoms with Crippen LogP contribution in [-0.2, 0) is 9.05 Å². The fourth-order valence-electron chi connectivity index (χ4n) is 1.74. The van der Waals surface area contributed by atoms with E-state index in [-0.39, 0.29) is 10.6 Å². The Balaban J connectivity index is 2.27. The van der Waals surface area contributed by atoms with Crippen LogP contribution in [0.15, 0.2) is 45.9 Å². The number of nitrogens with one attached hydrogen (secondary N) is 1. The average Bonchev–Trinajstić information content (AvgIpc) is 2.37. The molecule has 2 rings (SSSR count). The molecule has 0 atom stereocenters. The van der Waals surface area contributed by atoms with Crippen LogP contribution in [0.1, 0.15) is 16.1 Å². The molecule has 1 aromatic heterocycles. The number of carbonyl (C=O) groups excluding carboxylic acids is 1. The molecule has 8 heteroatoms. The third kappa shape index (κ3) is 3.81. The fraction of sp³-hybridized carbons (Fsp3) is 0.0769. The van der Waals surface area contributed by atoms with E-state index in [4.69, 9.17) is 10.7 Å². The van der Waals surface area contributed by atoms with Crippen molar-refractivity contribution in [1.29, 1.82) is 0 Å². The molecule has 21 heavy (non-hydrogen) atoms. The lowest BCUT2D eigenvalue weighted by Gasteiger charge is -2.08. The van der Waals surface area contributed by atoms with Gasteiger partial charge in [-0.25, -0.2) is 13.4 Å². The lowest BCUT2D eigenvalue weighted by atomic mass is 10.2. The summed E-state index contributed by atoms with van der Waals surface area (Å²) in [4.78, 5) is 16.1. The molecule has 1 N–H and O–H groups in total. The second-order valence-electron chi connectivity index (χ2n) is 4.21. The van der Waals surface area contributed by atoms with Gasteiger partial charge in [0.2, 0.25) is 0 Å².